The van der Waals surface area contributed by atoms with Gasteiger partial charge in [-0.1, -0.05) is 13.0 Å². The first kappa shape index (κ1) is 23.7. The van der Waals surface area contributed by atoms with Gasteiger partial charge in [0.05, 0.1) is 17.1 Å². The van der Waals surface area contributed by atoms with Crippen molar-refractivity contribution in [3.05, 3.63) is 65.1 Å². The molecule has 0 radical (unpaired) electrons. The molecule has 2 aromatic heterocycles. The predicted molar refractivity (Wildman–Crippen MR) is 129 cm³/mol. The first-order valence-electron chi connectivity index (χ1n) is 11.6. The van der Waals surface area contributed by atoms with Crippen molar-refractivity contribution >= 4 is 17.3 Å². The summed E-state index contributed by atoms with van der Waals surface area (Å²) in [5.41, 5.74) is 4.83. The molecule has 1 fully saturated rings. The summed E-state index contributed by atoms with van der Waals surface area (Å²) in [5, 5.41) is 11.6. The van der Waals surface area contributed by atoms with Crippen molar-refractivity contribution in [1.29, 1.82) is 0 Å². The molecule has 1 aliphatic rings. The van der Waals surface area contributed by atoms with Crippen LogP contribution in [0.4, 0.5) is 20.2 Å². The molecule has 0 spiro atoms. The Bertz CT molecular complexity index is 1190. The number of hydrogen-bond donors (Lipinski definition) is 1. The normalized spacial score (nSPS) is 14.2. The molecule has 0 saturated carbocycles. The molecule has 4 rings (SSSR count). The zero-order valence-corrected chi connectivity index (χ0v) is 19.7. The lowest BCUT2D eigenvalue weighted by Crippen LogP contribution is -2.30. The van der Waals surface area contributed by atoms with Crippen molar-refractivity contribution in [1.82, 2.24) is 15.2 Å². The second kappa shape index (κ2) is 9.83. The monoisotopic (exact) mass is 465 g/mol. The van der Waals surface area contributed by atoms with E-state index in [0.29, 0.717) is 5.69 Å². The van der Waals surface area contributed by atoms with E-state index < -0.39 is 17.5 Å². The van der Waals surface area contributed by atoms with Crippen LogP contribution in [0, 0.1) is 13.8 Å². The fourth-order valence-electron chi connectivity index (χ4n) is 4.16. The summed E-state index contributed by atoms with van der Waals surface area (Å²) in [6, 6.07) is 10.2. The van der Waals surface area contributed by atoms with Crippen LogP contribution in [0.25, 0.3) is 11.3 Å². The molecule has 3 heterocycles. The molecule has 34 heavy (non-hydrogen) atoms. The number of aromatic nitrogens is 3. The highest BCUT2D eigenvalue weighted by molar-refractivity contribution is 6.04. The van der Waals surface area contributed by atoms with Gasteiger partial charge in [-0.05, 0) is 69.0 Å². The molecule has 6 nitrogen and oxygen atoms in total. The van der Waals surface area contributed by atoms with Gasteiger partial charge in [-0.3, -0.25) is 9.78 Å². The SMILES string of the molecule is CCC(F)(F)c1cc(C(=O)Nc2ccc(C)c(-c3cc(N4CCCCC4)c(C)nn3)c2)ccn1. The van der Waals surface area contributed by atoms with E-state index in [4.69, 9.17) is 0 Å². The number of alkyl halides is 2. The molecule has 1 N–H and O–H groups in total. The van der Waals surface area contributed by atoms with E-state index in [-0.39, 0.29) is 12.0 Å². The molecule has 0 unspecified atom stereocenters. The van der Waals surface area contributed by atoms with Gasteiger partial charge in [0.25, 0.3) is 11.8 Å². The fraction of sp³-hybridized carbons (Fsp3) is 0.385. The van der Waals surface area contributed by atoms with Gasteiger partial charge in [-0.25, -0.2) is 0 Å². The van der Waals surface area contributed by atoms with Crippen molar-refractivity contribution in [3.63, 3.8) is 0 Å². The number of anilines is 2. The largest absolute Gasteiger partial charge is 0.370 e. The topological polar surface area (TPSA) is 71.0 Å². The first-order chi connectivity index (χ1) is 16.3. The standard InChI is InChI=1S/C26H29F2N5O/c1-4-26(27,28)24-14-19(10-11-29-24)25(34)30-20-9-8-17(2)21(15-20)22-16-23(18(3)31-32-22)33-12-6-5-7-13-33/h8-11,14-16H,4-7,12-13H2,1-3H3,(H,30,34). The maximum atomic E-state index is 14.0. The fourth-order valence-corrected chi connectivity index (χ4v) is 4.16. The minimum Gasteiger partial charge on any atom is -0.370 e. The van der Waals surface area contributed by atoms with Crippen molar-refractivity contribution in [3.8, 4) is 11.3 Å². The third kappa shape index (κ3) is 5.05. The van der Waals surface area contributed by atoms with Crippen molar-refractivity contribution in [2.24, 2.45) is 0 Å². The van der Waals surface area contributed by atoms with Crippen LogP contribution in [0.5, 0.6) is 0 Å². The van der Waals surface area contributed by atoms with Crippen molar-refractivity contribution in [2.45, 2.75) is 52.4 Å². The maximum Gasteiger partial charge on any atom is 0.289 e. The smallest absolute Gasteiger partial charge is 0.289 e. The third-order valence-corrected chi connectivity index (χ3v) is 6.26. The molecular weight excluding hydrogens is 436 g/mol. The Morgan fingerprint density at radius 3 is 2.56 bits per heavy atom. The third-order valence-electron chi connectivity index (χ3n) is 6.26. The number of halogens is 2. The number of carbonyl (C=O) groups excluding carboxylic acids is 1. The highest BCUT2D eigenvalue weighted by Gasteiger charge is 2.31. The molecule has 1 amide bonds. The van der Waals surface area contributed by atoms with E-state index in [1.807, 2.05) is 26.0 Å². The van der Waals surface area contributed by atoms with Gasteiger partial charge in [0.15, 0.2) is 0 Å². The highest BCUT2D eigenvalue weighted by Crippen LogP contribution is 2.32. The van der Waals surface area contributed by atoms with Crippen molar-refractivity contribution < 1.29 is 13.6 Å². The van der Waals surface area contributed by atoms with Gasteiger partial charge in [0.2, 0.25) is 0 Å². The van der Waals surface area contributed by atoms with E-state index in [1.165, 1.54) is 38.4 Å². The van der Waals surface area contributed by atoms with Gasteiger partial charge < -0.3 is 10.2 Å². The van der Waals surface area contributed by atoms with Gasteiger partial charge in [0, 0.05) is 42.5 Å². The lowest BCUT2D eigenvalue weighted by Gasteiger charge is -2.29. The lowest BCUT2D eigenvalue weighted by molar-refractivity contribution is -0.0128. The predicted octanol–water partition coefficient (Wildman–Crippen LogP) is 5.90. The molecule has 1 aromatic carbocycles. The average Bonchev–Trinajstić information content (AvgIpc) is 2.86. The number of piperidine rings is 1. The Morgan fingerprint density at radius 2 is 1.82 bits per heavy atom. The summed E-state index contributed by atoms with van der Waals surface area (Å²) in [6.45, 7) is 7.34. The molecular formula is C26H29F2N5O. The number of rotatable bonds is 6. The van der Waals surface area contributed by atoms with E-state index in [0.717, 1.165) is 47.4 Å². The minimum absolute atomic E-state index is 0.128. The molecule has 0 aliphatic carbocycles. The van der Waals surface area contributed by atoms with Crippen LogP contribution in [-0.4, -0.2) is 34.2 Å². The number of hydrogen-bond acceptors (Lipinski definition) is 5. The minimum atomic E-state index is -3.08. The highest BCUT2D eigenvalue weighted by atomic mass is 19.3. The van der Waals surface area contributed by atoms with E-state index in [9.17, 15) is 13.6 Å². The summed E-state index contributed by atoms with van der Waals surface area (Å²) in [7, 11) is 0. The number of aryl methyl sites for hydroxylation is 2. The van der Waals surface area contributed by atoms with Crippen LogP contribution in [0.1, 0.15) is 59.9 Å². The number of carbonyl (C=O) groups is 1. The summed E-state index contributed by atoms with van der Waals surface area (Å²) in [6.07, 6.45) is 4.43. The van der Waals surface area contributed by atoms with Crippen LogP contribution in [0.2, 0.25) is 0 Å². The van der Waals surface area contributed by atoms with E-state index >= 15 is 0 Å². The molecule has 3 aromatic rings. The van der Waals surface area contributed by atoms with Gasteiger partial charge in [-0.15, -0.1) is 0 Å². The van der Waals surface area contributed by atoms with Crippen LogP contribution in [-0.2, 0) is 5.92 Å². The van der Waals surface area contributed by atoms with Gasteiger partial charge in [0.1, 0.15) is 5.69 Å². The number of nitrogens with zero attached hydrogens (tertiary/aromatic N) is 4. The Labute approximate surface area is 198 Å². The van der Waals surface area contributed by atoms with E-state index in [2.05, 4.69) is 31.5 Å². The number of pyridine rings is 1. The number of nitrogens with one attached hydrogen (secondary N) is 1. The molecule has 1 saturated heterocycles. The summed E-state index contributed by atoms with van der Waals surface area (Å²) >= 11 is 0. The van der Waals surface area contributed by atoms with Crippen molar-refractivity contribution in [2.75, 3.05) is 23.3 Å². The zero-order valence-electron chi connectivity index (χ0n) is 19.7. The Hall–Kier alpha value is -3.42. The Morgan fingerprint density at radius 1 is 1.06 bits per heavy atom. The number of benzene rings is 1. The molecule has 1 aliphatic heterocycles. The summed E-state index contributed by atoms with van der Waals surface area (Å²) < 4.78 is 28.1. The summed E-state index contributed by atoms with van der Waals surface area (Å²) in [5.74, 6) is -3.56. The Kier molecular flexibility index (Phi) is 6.86. The van der Waals surface area contributed by atoms with Crippen LogP contribution in [0.3, 0.4) is 0 Å². The average molecular weight is 466 g/mol. The van der Waals surface area contributed by atoms with Gasteiger partial charge >= 0.3 is 0 Å². The first-order valence-corrected chi connectivity index (χ1v) is 11.6. The van der Waals surface area contributed by atoms with Crippen LogP contribution < -0.4 is 10.2 Å². The lowest BCUT2D eigenvalue weighted by atomic mass is 10.0. The molecule has 0 bridgehead atoms. The Balaban J connectivity index is 1.60. The van der Waals surface area contributed by atoms with Gasteiger partial charge in [-0.2, -0.15) is 19.0 Å². The van der Waals surface area contributed by atoms with E-state index in [1.54, 1.807) is 6.07 Å². The maximum absolute atomic E-state index is 14.0. The van der Waals surface area contributed by atoms with Crippen LogP contribution in [0.15, 0.2) is 42.6 Å². The second-order valence-corrected chi connectivity index (χ2v) is 8.72. The quantitative estimate of drug-likeness (QED) is 0.491. The number of amides is 1. The second-order valence-electron chi connectivity index (χ2n) is 8.72. The van der Waals surface area contributed by atoms with Crippen LogP contribution >= 0.6 is 0 Å². The molecule has 8 heteroatoms. The molecule has 178 valence electrons. The zero-order chi connectivity index (χ0) is 24.3. The summed E-state index contributed by atoms with van der Waals surface area (Å²) in [4.78, 5) is 18.9. The molecule has 0 atom stereocenters.